The first-order valence-electron chi connectivity index (χ1n) is 8.49. The first-order chi connectivity index (χ1) is 13.1. The maximum atomic E-state index is 10.8. The van der Waals surface area contributed by atoms with E-state index in [1.807, 2.05) is 6.07 Å². The largest absolute Gasteiger partial charge is 0.367 e. The lowest BCUT2D eigenvalue weighted by molar-refractivity contribution is -0.404. The molecule has 0 saturated heterocycles. The predicted molar refractivity (Wildman–Crippen MR) is 106 cm³/mol. The summed E-state index contributed by atoms with van der Waals surface area (Å²) in [4.78, 5) is 18.6. The number of H-pyrrole nitrogens is 1. The van der Waals surface area contributed by atoms with Crippen LogP contribution >= 0.6 is 23.4 Å². The molecule has 0 radical (unpaired) electrons. The molecule has 146 valence electrons. The van der Waals surface area contributed by atoms with Gasteiger partial charge in [0.2, 0.25) is 0 Å². The molecule has 3 N–H and O–H groups in total. The molecule has 0 saturated carbocycles. The Bertz CT molecular complexity index is 727. The van der Waals surface area contributed by atoms with E-state index in [4.69, 9.17) is 11.6 Å². The van der Waals surface area contributed by atoms with Gasteiger partial charge in [0.05, 0.1) is 15.6 Å². The lowest BCUT2D eigenvalue weighted by Gasteiger charge is -2.11. The van der Waals surface area contributed by atoms with Crippen LogP contribution < -0.4 is 10.6 Å². The maximum Gasteiger partial charge on any atom is 0.274 e. The van der Waals surface area contributed by atoms with E-state index in [1.165, 1.54) is 6.33 Å². The average molecular weight is 412 g/mol. The van der Waals surface area contributed by atoms with Crippen molar-refractivity contribution in [1.29, 1.82) is 0 Å². The van der Waals surface area contributed by atoms with Crippen molar-refractivity contribution in [1.82, 2.24) is 30.8 Å². The summed E-state index contributed by atoms with van der Waals surface area (Å²) in [6.07, 6.45) is 6.73. The average Bonchev–Trinajstić information content (AvgIpc) is 3.15. The van der Waals surface area contributed by atoms with E-state index in [1.54, 1.807) is 24.0 Å². The standard InChI is InChI=1S/C16H22ClN7O2S/c17-13-4-3-7-18-14(13)11-27-9-8-20-16(10-24(25)26)19-6-2-1-5-15-21-12-22-23-15/h3-4,7,10,12,19-20H,1-2,5-6,8-9,11H2,(H,21,22,23). The summed E-state index contributed by atoms with van der Waals surface area (Å²) in [6.45, 7) is 1.23. The van der Waals surface area contributed by atoms with Gasteiger partial charge in [0.15, 0.2) is 5.82 Å². The second-order valence-electron chi connectivity index (χ2n) is 5.56. The van der Waals surface area contributed by atoms with E-state index in [0.717, 1.165) is 42.7 Å². The number of hydrogen-bond acceptors (Lipinski definition) is 8. The quantitative estimate of drug-likeness (QED) is 0.261. The van der Waals surface area contributed by atoms with E-state index >= 15 is 0 Å². The van der Waals surface area contributed by atoms with Crippen LogP contribution in [-0.2, 0) is 12.2 Å². The van der Waals surface area contributed by atoms with Crippen LogP contribution in [0.3, 0.4) is 0 Å². The third-order valence-electron chi connectivity index (χ3n) is 3.49. The van der Waals surface area contributed by atoms with E-state index in [0.29, 0.717) is 29.7 Å². The Labute approximate surface area is 166 Å². The van der Waals surface area contributed by atoms with Crippen molar-refractivity contribution in [2.24, 2.45) is 0 Å². The molecular weight excluding hydrogens is 390 g/mol. The molecule has 9 nitrogen and oxygen atoms in total. The Morgan fingerprint density at radius 1 is 1.33 bits per heavy atom. The minimum Gasteiger partial charge on any atom is -0.367 e. The molecule has 0 aromatic carbocycles. The third-order valence-corrected chi connectivity index (χ3v) is 4.81. The highest BCUT2D eigenvalue weighted by Crippen LogP contribution is 2.17. The smallest absolute Gasteiger partial charge is 0.274 e. The Kier molecular flexibility index (Phi) is 9.42. The van der Waals surface area contributed by atoms with Gasteiger partial charge in [-0.05, 0) is 25.0 Å². The van der Waals surface area contributed by atoms with E-state index in [2.05, 4.69) is 30.8 Å². The summed E-state index contributed by atoms with van der Waals surface area (Å²) < 4.78 is 0. The molecular formula is C16H22ClN7O2S. The van der Waals surface area contributed by atoms with Gasteiger partial charge in [0.1, 0.15) is 12.2 Å². The summed E-state index contributed by atoms with van der Waals surface area (Å²) in [6, 6.07) is 3.61. The van der Waals surface area contributed by atoms with E-state index in [9.17, 15) is 10.1 Å². The topological polar surface area (TPSA) is 122 Å². The van der Waals surface area contributed by atoms with Gasteiger partial charge in [-0.2, -0.15) is 16.9 Å². The van der Waals surface area contributed by atoms with Crippen molar-refractivity contribution < 1.29 is 4.92 Å². The van der Waals surface area contributed by atoms with Crippen molar-refractivity contribution in [3.05, 3.63) is 63.3 Å². The number of nitrogens with zero attached hydrogens (tertiary/aromatic N) is 4. The molecule has 2 heterocycles. The van der Waals surface area contributed by atoms with Crippen molar-refractivity contribution in [2.75, 3.05) is 18.8 Å². The molecule has 0 aliphatic carbocycles. The molecule has 2 aromatic heterocycles. The fourth-order valence-electron chi connectivity index (χ4n) is 2.20. The fraction of sp³-hybridized carbons (Fsp3) is 0.438. The third kappa shape index (κ3) is 8.74. The van der Waals surface area contributed by atoms with Crippen molar-refractivity contribution in [3.63, 3.8) is 0 Å². The van der Waals surface area contributed by atoms with Crippen LogP contribution in [0, 0.1) is 10.1 Å². The first-order valence-corrected chi connectivity index (χ1v) is 10.0. The summed E-state index contributed by atoms with van der Waals surface area (Å²) in [5.41, 5.74) is 0.843. The number of aromatic amines is 1. The number of pyridine rings is 1. The first kappa shape index (κ1) is 21.0. The molecule has 27 heavy (non-hydrogen) atoms. The zero-order valence-corrected chi connectivity index (χ0v) is 16.3. The Hall–Kier alpha value is -2.33. The molecule has 0 fully saturated rings. The van der Waals surface area contributed by atoms with Gasteiger partial charge in [-0.3, -0.25) is 20.2 Å². The summed E-state index contributed by atoms with van der Waals surface area (Å²) in [5, 5.41) is 24.2. The number of nitrogens with one attached hydrogen (secondary N) is 3. The van der Waals surface area contributed by atoms with E-state index < -0.39 is 4.92 Å². The fourth-order valence-corrected chi connectivity index (χ4v) is 3.28. The van der Waals surface area contributed by atoms with Crippen LogP contribution in [-0.4, -0.2) is 43.9 Å². The molecule has 0 atom stereocenters. The molecule has 0 bridgehead atoms. The molecule has 2 aromatic rings. The van der Waals surface area contributed by atoms with Gasteiger partial charge >= 0.3 is 0 Å². The highest BCUT2D eigenvalue weighted by atomic mass is 35.5. The van der Waals surface area contributed by atoms with E-state index in [-0.39, 0.29) is 0 Å². The molecule has 0 amide bonds. The van der Waals surface area contributed by atoms with Gasteiger partial charge < -0.3 is 10.6 Å². The minimum absolute atomic E-state index is 0.413. The SMILES string of the molecule is O=[N+]([O-])C=C(NCCCCc1ncn[nH]1)NCCSCc1ncccc1Cl. The van der Waals surface area contributed by atoms with Gasteiger partial charge in [0.25, 0.3) is 6.20 Å². The number of rotatable bonds is 13. The second-order valence-corrected chi connectivity index (χ2v) is 7.07. The van der Waals surface area contributed by atoms with Crippen LogP contribution in [0.25, 0.3) is 0 Å². The lowest BCUT2D eigenvalue weighted by atomic mass is 10.2. The number of unbranched alkanes of at least 4 members (excludes halogenated alkanes) is 1. The highest BCUT2D eigenvalue weighted by molar-refractivity contribution is 7.98. The molecule has 0 aliphatic heterocycles. The lowest BCUT2D eigenvalue weighted by Crippen LogP contribution is -2.29. The zero-order chi connectivity index (χ0) is 19.3. The summed E-state index contributed by atoms with van der Waals surface area (Å²) in [7, 11) is 0. The predicted octanol–water partition coefficient (Wildman–Crippen LogP) is 2.36. The van der Waals surface area contributed by atoms with Crippen LogP contribution in [0.2, 0.25) is 5.02 Å². The Morgan fingerprint density at radius 2 is 2.19 bits per heavy atom. The Balaban J connectivity index is 1.62. The number of nitro groups is 1. The monoisotopic (exact) mass is 411 g/mol. The molecule has 2 rings (SSSR count). The van der Waals surface area contributed by atoms with Crippen LogP contribution in [0.4, 0.5) is 0 Å². The normalized spacial score (nSPS) is 11.4. The zero-order valence-electron chi connectivity index (χ0n) is 14.7. The summed E-state index contributed by atoms with van der Waals surface area (Å²) >= 11 is 7.73. The number of halogens is 1. The number of hydrogen-bond donors (Lipinski definition) is 3. The molecule has 0 unspecified atom stereocenters. The van der Waals surface area contributed by atoms with Crippen LogP contribution in [0.5, 0.6) is 0 Å². The van der Waals surface area contributed by atoms with Crippen molar-refractivity contribution in [3.8, 4) is 0 Å². The molecule has 11 heteroatoms. The maximum absolute atomic E-state index is 10.8. The number of aromatic nitrogens is 4. The van der Waals surface area contributed by atoms with Gasteiger partial charge in [-0.15, -0.1) is 0 Å². The van der Waals surface area contributed by atoms with Crippen molar-refractivity contribution >= 4 is 23.4 Å². The van der Waals surface area contributed by atoms with Gasteiger partial charge in [0, 0.05) is 37.2 Å². The van der Waals surface area contributed by atoms with Gasteiger partial charge in [-0.1, -0.05) is 11.6 Å². The van der Waals surface area contributed by atoms with Gasteiger partial charge in [-0.25, -0.2) is 4.98 Å². The number of thioether (sulfide) groups is 1. The molecule has 0 spiro atoms. The van der Waals surface area contributed by atoms with Crippen LogP contribution in [0.15, 0.2) is 36.7 Å². The molecule has 0 aliphatic rings. The van der Waals surface area contributed by atoms with Crippen LogP contribution in [0.1, 0.15) is 24.4 Å². The number of aryl methyl sites for hydroxylation is 1. The summed E-state index contributed by atoms with van der Waals surface area (Å²) in [5.74, 6) is 2.73. The van der Waals surface area contributed by atoms with Crippen molar-refractivity contribution in [2.45, 2.75) is 25.0 Å². The minimum atomic E-state index is -0.468. The second kappa shape index (κ2) is 12.1. The highest BCUT2D eigenvalue weighted by Gasteiger charge is 2.04. The Morgan fingerprint density at radius 3 is 2.93 bits per heavy atom.